The van der Waals surface area contributed by atoms with Gasteiger partial charge in [-0.25, -0.2) is 0 Å². The maximum atomic E-state index is 10.3. The van der Waals surface area contributed by atoms with E-state index in [0.717, 1.165) is 17.7 Å². The molecule has 0 amide bonds. The molecule has 0 radical (unpaired) electrons. The van der Waals surface area contributed by atoms with E-state index in [4.69, 9.17) is 14.2 Å². The number of rotatable bonds is 9. The fraction of sp³-hybridized carbons (Fsp3) is 0.429. The lowest BCUT2D eigenvalue weighted by molar-refractivity contribution is 0.174. The summed E-state index contributed by atoms with van der Waals surface area (Å²) in [5.41, 5.74) is 1.87. The summed E-state index contributed by atoms with van der Waals surface area (Å²) in [5.74, 6) is 1.90. The quantitative estimate of drug-likeness (QED) is 0.544. The maximum absolute atomic E-state index is 10.3. The molecule has 1 aliphatic heterocycles. The van der Waals surface area contributed by atoms with Crippen LogP contribution in [-0.4, -0.2) is 33.5 Å². The molecular formula is C21H25N3O4. The molecule has 1 aromatic heterocycles. The smallest absolute Gasteiger partial charge is 0.231 e. The lowest BCUT2D eigenvalue weighted by Crippen LogP contribution is -1.99. The normalized spacial score (nSPS) is 12.6. The van der Waals surface area contributed by atoms with Crippen molar-refractivity contribution in [1.82, 2.24) is 15.0 Å². The van der Waals surface area contributed by atoms with E-state index in [1.54, 1.807) is 6.07 Å². The number of phenols is 1. The molecule has 3 aromatic rings. The first kappa shape index (κ1) is 18.4. The van der Waals surface area contributed by atoms with E-state index in [-0.39, 0.29) is 12.5 Å². The Hall–Kier alpha value is -2.96. The molecule has 28 heavy (non-hydrogen) atoms. The first-order valence-electron chi connectivity index (χ1n) is 9.87. The van der Waals surface area contributed by atoms with Crippen molar-refractivity contribution in [3.63, 3.8) is 0 Å². The zero-order chi connectivity index (χ0) is 19.3. The number of aromatic nitrogens is 3. The first-order chi connectivity index (χ1) is 13.7. The molecule has 0 saturated heterocycles. The third-order valence-electron chi connectivity index (χ3n) is 4.80. The van der Waals surface area contributed by atoms with Crippen molar-refractivity contribution in [3.8, 4) is 28.7 Å². The first-order valence-corrected chi connectivity index (χ1v) is 9.87. The van der Waals surface area contributed by atoms with Crippen molar-refractivity contribution in [2.75, 3.05) is 13.4 Å². The second-order valence-electron chi connectivity index (χ2n) is 6.95. The molecule has 0 bridgehead atoms. The predicted octanol–water partition coefficient (Wildman–Crippen LogP) is 4.59. The van der Waals surface area contributed by atoms with Crippen molar-refractivity contribution >= 4 is 11.0 Å². The highest BCUT2D eigenvalue weighted by Crippen LogP contribution is 2.39. The fourth-order valence-corrected chi connectivity index (χ4v) is 3.24. The SMILES string of the molecule is CCCCCCCCOc1ccc2nn(-c3cc4c(cc3O)OCO4)nc2c1. The van der Waals surface area contributed by atoms with Crippen LogP contribution in [-0.2, 0) is 0 Å². The molecule has 1 N–H and O–H groups in total. The molecule has 7 heteroatoms. The Morgan fingerprint density at radius 3 is 2.57 bits per heavy atom. The summed E-state index contributed by atoms with van der Waals surface area (Å²) >= 11 is 0. The van der Waals surface area contributed by atoms with Gasteiger partial charge in [-0.15, -0.1) is 15.0 Å². The molecule has 0 atom stereocenters. The van der Waals surface area contributed by atoms with Crippen molar-refractivity contribution in [3.05, 3.63) is 30.3 Å². The van der Waals surface area contributed by atoms with Gasteiger partial charge in [0.15, 0.2) is 11.5 Å². The Morgan fingerprint density at radius 1 is 0.964 bits per heavy atom. The lowest BCUT2D eigenvalue weighted by atomic mass is 10.1. The third kappa shape index (κ3) is 3.98. The predicted molar refractivity (Wildman–Crippen MR) is 106 cm³/mol. The van der Waals surface area contributed by atoms with E-state index in [1.807, 2.05) is 18.2 Å². The number of unbranched alkanes of at least 4 members (excludes halogenated alkanes) is 5. The third-order valence-corrected chi connectivity index (χ3v) is 4.80. The molecule has 2 aromatic carbocycles. The number of ether oxygens (including phenoxy) is 3. The number of fused-ring (bicyclic) bond motifs is 2. The van der Waals surface area contributed by atoms with Crippen molar-refractivity contribution in [2.45, 2.75) is 45.4 Å². The standard InChI is InChI=1S/C21H25N3O4/c1-2-3-4-5-6-7-10-26-15-8-9-16-17(11-15)23-24(22-16)18-12-20-21(13-19(18)25)28-14-27-20/h8-9,11-13,25H,2-7,10,14H2,1H3. The van der Waals surface area contributed by atoms with Gasteiger partial charge in [-0.05, 0) is 18.6 Å². The zero-order valence-electron chi connectivity index (χ0n) is 16.1. The van der Waals surface area contributed by atoms with Gasteiger partial charge in [-0.3, -0.25) is 0 Å². The highest BCUT2D eigenvalue weighted by atomic mass is 16.7. The molecule has 7 nitrogen and oxygen atoms in total. The van der Waals surface area contributed by atoms with Crippen LogP contribution in [0.3, 0.4) is 0 Å². The van der Waals surface area contributed by atoms with E-state index in [2.05, 4.69) is 17.1 Å². The Labute approximate surface area is 163 Å². The van der Waals surface area contributed by atoms with Gasteiger partial charge in [0.25, 0.3) is 0 Å². The minimum absolute atomic E-state index is 0.0316. The number of aromatic hydroxyl groups is 1. The summed E-state index contributed by atoms with van der Waals surface area (Å²) in [7, 11) is 0. The Balaban J connectivity index is 1.43. The molecule has 0 spiro atoms. The summed E-state index contributed by atoms with van der Waals surface area (Å²) in [4.78, 5) is 1.40. The number of nitrogens with zero attached hydrogens (tertiary/aromatic N) is 3. The average molecular weight is 383 g/mol. The van der Waals surface area contributed by atoms with Crippen LogP contribution in [0.1, 0.15) is 45.4 Å². The van der Waals surface area contributed by atoms with Gasteiger partial charge in [0.2, 0.25) is 6.79 Å². The van der Waals surface area contributed by atoms with Crippen molar-refractivity contribution in [1.29, 1.82) is 0 Å². The average Bonchev–Trinajstić information content (AvgIpc) is 3.32. The van der Waals surface area contributed by atoms with E-state index in [0.29, 0.717) is 29.3 Å². The minimum atomic E-state index is 0.0316. The highest BCUT2D eigenvalue weighted by molar-refractivity contribution is 5.76. The van der Waals surface area contributed by atoms with E-state index < -0.39 is 0 Å². The molecular weight excluding hydrogens is 358 g/mol. The monoisotopic (exact) mass is 383 g/mol. The van der Waals surface area contributed by atoms with Crippen LogP contribution in [0, 0.1) is 0 Å². The largest absolute Gasteiger partial charge is 0.505 e. The Kier molecular flexibility index (Phi) is 5.50. The summed E-state index contributed by atoms with van der Waals surface area (Å²) in [5, 5.41) is 19.2. The molecule has 0 unspecified atom stereocenters. The molecule has 148 valence electrons. The number of benzene rings is 2. The van der Waals surface area contributed by atoms with Gasteiger partial charge in [0.05, 0.1) is 6.61 Å². The summed E-state index contributed by atoms with van der Waals surface area (Å²) in [6, 6.07) is 8.84. The topological polar surface area (TPSA) is 78.6 Å². The van der Waals surface area contributed by atoms with Crippen LogP contribution >= 0.6 is 0 Å². The van der Waals surface area contributed by atoms with E-state index in [9.17, 15) is 5.11 Å². The van der Waals surface area contributed by atoms with Gasteiger partial charge in [0, 0.05) is 18.2 Å². The Bertz CT molecular complexity index is 954. The van der Waals surface area contributed by atoms with Gasteiger partial charge >= 0.3 is 0 Å². The van der Waals surface area contributed by atoms with E-state index >= 15 is 0 Å². The van der Waals surface area contributed by atoms with Crippen LogP contribution in [0.15, 0.2) is 30.3 Å². The molecule has 0 saturated carbocycles. The Morgan fingerprint density at radius 2 is 1.71 bits per heavy atom. The van der Waals surface area contributed by atoms with Gasteiger partial charge in [-0.2, -0.15) is 0 Å². The lowest BCUT2D eigenvalue weighted by Gasteiger charge is -2.05. The van der Waals surface area contributed by atoms with Crippen molar-refractivity contribution < 1.29 is 19.3 Å². The number of hydrogen-bond acceptors (Lipinski definition) is 6. The van der Waals surface area contributed by atoms with Gasteiger partial charge < -0.3 is 19.3 Å². The van der Waals surface area contributed by atoms with Crippen LogP contribution < -0.4 is 14.2 Å². The van der Waals surface area contributed by atoms with Crippen molar-refractivity contribution in [2.24, 2.45) is 0 Å². The molecule has 0 fully saturated rings. The molecule has 2 heterocycles. The number of hydrogen-bond donors (Lipinski definition) is 1. The molecule has 0 aliphatic carbocycles. The second-order valence-corrected chi connectivity index (χ2v) is 6.95. The highest BCUT2D eigenvalue weighted by Gasteiger charge is 2.19. The van der Waals surface area contributed by atoms with Gasteiger partial charge in [-0.1, -0.05) is 39.0 Å². The molecule has 4 rings (SSSR count). The van der Waals surface area contributed by atoms with Crippen LogP contribution in [0.4, 0.5) is 0 Å². The van der Waals surface area contributed by atoms with Crippen LogP contribution in [0.2, 0.25) is 0 Å². The second kappa shape index (κ2) is 8.37. The zero-order valence-corrected chi connectivity index (χ0v) is 16.1. The molecule has 1 aliphatic rings. The summed E-state index contributed by atoms with van der Waals surface area (Å²) < 4.78 is 16.5. The maximum Gasteiger partial charge on any atom is 0.231 e. The van der Waals surface area contributed by atoms with E-state index in [1.165, 1.54) is 43.0 Å². The summed E-state index contributed by atoms with van der Waals surface area (Å²) in [6.45, 7) is 3.07. The minimum Gasteiger partial charge on any atom is -0.505 e. The van der Waals surface area contributed by atoms with Gasteiger partial charge in [0.1, 0.15) is 28.2 Å². The van der Waals surface area contributed by atoms with Crippen LogP contribution in [0.5, 0.6) is 23.0 Å². The fourth-order valence-electron chi connectivity index (χ4n) is 3.24. The van der Waals surface area contributed by atoms with Crippen LogP contribution in [0.25, 0.3) is 16.7 Å². The summed E-state index contributed by atoms with van der Waals surface area (Å²) in [6.07, 6.45) is 7.40. The number of phenolic OH excluding ortho intramolecular Hbond substituents is 1.